The van der Waals surface area contributed by atoms with Crippen molar-refractivity contribution in [2.75, 3.05) is 32.9 Å². The third-order valence-corrected chi connectivity index (χ3v) is 7.83. The summed E-state index contributed by atoms with van der Waals surface area (Å²) in [4.78, 5) is 19.2. The Morgan fingerprint density at radius 2 is 2.06 bits per heavy atom. The summed E-state index contributed by atoms with van der Waals surface area (Å²) in [6.07, 6.45) is 1.75. The molecule has 4 aromatic rings. The van der Waals surface area contributed by atoms with E-state index < -0.39 is 0 Å². The van der Waals surface area contributed by atoms with Crippen LogP contribution >= 0.6 is 22.7 Å². The van der Waals surface area contributed by atoms with E-state index in [0.29, 0.717) is 0 Å². The van der Waals surface area contributed by atoms with Gasteiger partial charge in [0.2, 0.25) is 0 Å². The summed E-state index contributed by atoms with van der Waals surface area (Å²) in [6.45, 7) is 5.90. The third-order valence-electron chi connectivity index (χ3n) is 5.91. The zero-order chi connectivity index (χ0) is 23.3. The van der Waals surface area contributed by atoms with Crippen LogP contribution < -0.4 is 10.1 Å². The van der Waals surface area contributed by atoms with Crippen molar-refractivity contribution in [2.45, 2.75) is 19.5 Å². The molecule has 0 saturated carbocycles. The highest BCUT2D eigenvalue weighted by Crippen LogP contribution is 2.36. The van der Waals surface area contributed by atoms with Crippen LogP contribution in [0.25, 0.3) is 21.2 Å². The molecule has 1 saturated heterocycles. The predicted octanol–water partition coefficient (Wildman–Crippen LogP) is 5.11. The SMILES string of the molecule is C[C@@H](NC(=O)COc1ccc(-c2csc3ccccc23)cc1CN1CCOCC1)c1nccs1. The number of aromatic nitrogens is 1. The second-order valence-electron chi connectivity index (χ2n) is 8.30. The van der Waals surface area contributed by atoms with E-state index in [4.69, 9.17) is 9.47 Å². The average molecular weight is 494 g/mol. The van der Waals surface area contributed by atoms with Gasteiger partial charge in [0.15, 0.2) is 6.61 Å². The first-order valence-corrected chi connectivity index (χ1v) is 13.1. The molecule has 34 heavy (non-hydrogen) atoms. The second-order valence-corrected chi connectivity index (χ2v) is 10.1. The lowest BCUT2D eigenvalue weighted by atomic mass is 10.0. The van der Waals surface area contributed by atoms with Crippen LogP contribution in [0.15, 0.2) is 59.4 Å². The van der Waals surface area contributed by atoms with Crippen molar-refractivity contribution in [3.8, 4) is 16.9 Å². The molecule has 2 aromatic heterocycles. The van der Waals surface area contributed by atoms with Gasteiger partial charge < -0.3 is 14.8 Å². The summed E-state index contributed by atoms with van der Waals surface area (Å²) in [5.41, 5.74) is 3.47. The molecule has 1 aliphatic heterocycles. The van der Waals surface area contributed by atoms with E-state index in [2.05, 4.69) is 57.0 Å². The van der Waals surface area contributed by atoms with Crippen molar-refractivity contribution in [1.29, 1.82) is 0 Å². The number of fused-ring (bicyclic) bond motifs is 1. The normalized spacial score (nSPS) is 15.3. The number of hydrogen-bond donors (Lipinski definition) is 1. The molecule has 1 N–H and O–H groups in total. The van der Waals surface area contributed by atoms with Crippen LogP contribution in [0.5, 0.6) is 5.75 Å². The number of ether oxygens (including phenoxy) is 2. The molecular formula is C26H27N3O3S2. The number of benzene rings is 2. The summed E-state index contributed by atoms with van der Waals surface area (Å²) < 4.78 is 12.8. The Morgan fingerprint density at radius 1 is 1.21 bits per heavy atom. The fourth-order valence-electron chi connectivity index (χ4n) is 4.15. The highest BCUT2D eigenvalue weighted by molar-refractivity contribution is 7.17. The van der Waals surface area contributed by atoms with Crippen molar-refractivity contribution in [1.82, 2.24) is 15.2 Å². The molecule has 1 fully saturated rings. The van der Waals surface area contributed by atoms with Crippen molar-refractivity contribution in [2.24, 2.45) is 0 Å². The minimum absolute atomic E-state index is 0.0352. The Labute approximate surface area is 207 Å². The van der Waals surface area contributed by atoms with Gasteiger partial charge in [0, 0.05) is 52.4 Å². The van der Waals surface area contributed by atoms with Crippen molar-refractivity contribution in [3.05, 3.63) is 70.0 Å². The van der Waals surface area contributed by atoms with Crippen molar-refractivity contribution < 1.29 is 14.3 Å². The van der Waals surface area contributed by atoms with Crippen LogP contribution in [0.1, 0.15) is 23.5 Å². The monoisotopic (exact) mass is 493 g/mol. The van der Waals surface area contributed by atoms with Gasteiger partial charge in [0.05, 0.1) is 19.3 Å². The molecule has 0 aliphatic carbocycles. The highest BCUT2D eigenvalue weighted by atomic mass is 32.1. The number of thiophene rings is 1. The molecule has 1 amide bonds. The molecule has 8 heteroatoms. The third kappa shape index (κ3) is 5.31. The first-order chi connectivity index (χ1) is 16.7. The van der Waals surface area contributed by atoms with E-state index in [1.807, 2.05) is 18.4 Å². The molecule has 0 spiro atoms. The van der Waals surface area contributed by atoms with E-state index in [9.17, 15) is 4.79 Å². The summed E-state index contributed by atoms with van der Waals surface area (Å²) in [5.74, 6) is 0.583. The van der Waals surface area contributed by atoms with Gasteiger partial charge in [-0.25, -0.2) is 4.98 Å². The van der Waals surface area contributed by atoms with E-state index in [1.165, 1.54) is 27.0 Å². The number of rotatable bonds is 8. The molecule has 3 heterocycles. The lowest BCUT2D eigenvalue weighted by molar-refractivity contribution is -0.123. The van der Waals surface area contributed by atoms with Gasteiger partial charge in [0.1, 0.15) is 10.8 Å². The van der Waals surface area contributed by atoms with Crippen LogP contribution in [0.3, 0.4) is 0 Å². The van der Waals surface area contributed by atoms with Crippen molar-refractivity contribution >= 4 is 38.7 Å². The Bertz CT molecular complexity index is 1250. The maximum Gasteiger partial charge on any atom is 0.258 e. The Kier molecular flexibility index (Phi) is 7.20. The fourth-order valence-corrected chi connectivity index (χ4v) is 5.77. The largest absolute Gasteiger partial charge is 0.483 e. The van der Waals surface area contributed by atoms with Crippen LogP contribution in [-0.2, 0) is 16.1 Å². The molecule has 1 aliphatic rings. The van der Waals surface area contributed by atoms with Gasteiger partial charge in [-0.3, -0.25) is 9.69 Å². The molecule has 5 rings (SSSR count). The topological polar surface area (TPSA) is 63.7 Å². The standard InChI is InChI=1S/C26H27N3O3S2/c1-18(26-27-8-13-33-26)28-25(30)16-32-23-7-6-19(14-20(23)15-29-9-11-31-12-10-29)22-17-34-24-5-3-2-4-21(22)24/h2-8,13-14,17-18H,9-12,15-16H2,1H3,(H,28,30)/t18-/m1/s1. The Hall–Kier alpha value is -2.78. The molecule has 0 bridgehead atoms. The van der Waals surface area contributed by atoms with E-state index in [0.717, 1.165) is 54.7 Å². The lowest BCUT2D eigenvalue weighted by Gasteiger charge is -2.27. The van der Waals surface area contributed by atoms with Gasteiger partial charge in [-0.2, -0.15) is 0 Å². The Morgan fingerprint density at radius 3 is 2.88 bits per heavy atom. The second kappa shape index (κ2) is 10.7. The number of morpholine rings is 1. The highest BCUT2D eigenvalue weighted by Gasteiger charge is 2.17. The molecule has 1 atom stereocenters. The van der Waals surface area contributed by atoms with Crippen LogP contribution in [0.4, 0.5) is 0 Å². The predicted molar refractivity (Wildman–Crippen MR) is 138 cm³/mol. The van der Waals surface area contributed by atoms with E-state index in [-0.39, 0.29) is 18.6 Å². The van der Waals surface area contributed by atoms with Crippen LogP contribution in [0, 0.1) is 0 Å². The average Bonchev–Trinajstić information content (AvgIpc) is 3.54. The Balaban J connectivity index is 1.35. The molecule has 0 unspecified atom stereocenters. The zero-order valence-electron chi connectivity index (χ0n) is 19.0. The molecular weight excluding hydrogens is 466 g/mol. The summed E-state index contributed by atoms with van der Waals surface area (Å²) >= 11 is 3.29. The molecule has 176 valence electrons. The van der Waals surface area contributed by atoms with Crippen LogP contribution in [-0.4, -0.2) is 48.7 Å². The number of nitrogens with zero attached hydrogens (tertiary/aromatic N) is 2. The molecule has 0 radical (unpaired) electrons. The van der Waals surface area contributed by atoms with E-state index >= 15 is 0 Å². The number of nitrogens with one attached hydrogen (secondary N) is 1. The summed E-state index contributed by atoms with van der Waals surface area (Å²) in [6, 6.07) is 14.6. The maximum atomic E-state index is 12.5. The molecule has 2 aromatic carbocycles. The number of thiazole rings is 1. The fraction of sp³-hybridized carbons (Fsp3) is 0.308. The maximum absolute atomic E-state index is 12.5. The quantitative estimate of drug-likeness (QED) is 0.369. The van der Waals surface area contributed by atoms with Gasteiger partial charge in [-0.05, 0) is 36.1 Å². The van der Waals surface area contributed by atoms with Gasteiger partial charge >= 0.3 is 0 Å². The van der Waals surface area contributed by atoms with Crippen LogP contribution in [0.2, 0.25) is 0 Å². The number of amides is 1. The first-order valence-electron chi connectivity index (χ1n) is 11.4. The zero-order valence-corrected chi connectivity index (χ0v) is 20.7. The first kappa shape index (κ1) is 23.0. The number of hydrogen-bond acceptors (Lipinski definition) is 7. The molecule has 6 nitrogen and oxygen atoms in total. The van der Waals surface area contributed by atoms with Gasteiger partial charge in [-0.1, -0.05) is 24.3 Å². The summed E-state index contributed by atoms with van der Waals surface area (Å²) in [5, 5.41) is 9.23. The number of carbonyl (C=O) groups is 1. The van der Waals surface area contributed by atoms with Gasteiger partial charge in [-0.15, -0.1) is 22.7 Å². The van der Waals surface area contributed by atoms with Crippen molar-refractivity contribution in [3.63, 3.8) is 0 Å². The summed E-state index contributed by atoms with van der Waals surface area (Å²) in [7, 11) is 0. The smallest absolute Gasteiger partial charge is 0.258 e. The van der Waals surface area contributed by atoms with E-state index in [1.54, 1.807) is 17.5 Å². The number of carbonyl (C=O) groups excluding carboxylic acids is 1. The van der Waals surface area contributed by atoms with Gasteiger partial charge in [0.25, 0.3) is 5.91 Å². The minimum atomic E-state index is -0.159. The minimum Gasteiger partial charge on any atom is -0.483 e. The lowest BCUT2D eigenvalue weighted by Crippen LogP contribution is -2.36.